The first-order chi connectivity index (χ1) is 12.5. The molecular formula is C23H32N2O. The minimum atomic E-state index is 0.269. The maximum atomic E-state index is 11.8. The number of carbonyl (C=O) groups is 1. The molecule has 0 radical (unpaired) electrons. The molecule has 2 heterocycles. The van der Waals surface area contributed by atoms with E-state index in [1.807, 2.05) is 0 Å². The van der Waals surface area contributed by atoms with Gasteiger partial charge in [0.05, 0.1) is 6.54 Å². The van der Waals surface area contributed by atoms with E-state index in [0.29, 0.717) is 6.54 Å². The molecular weight excluding hydrogens is 320 g/mol. The summed E-state index contributed by atoms with van der Waals surface area (Å²) in [6, 6.07) is 7.74. The molecule has 3 fully saturated rings. The normalized spacial score (nSPS) is 32.4. The van der Waals surface area contributed by atoms with Gasteiger partial charge in [-0.15, -0.1) is 0 Å². The van der Waals surface area contributed by atoms with E-state index >= 15 is 0 Å². The van der Waals surface area contributed by atoms with Crippen LogP contribution in [0.2, 0.25) is 0 Å². The van der Waals surface area contributed by atoms with Crippen molar-refractivity contribution in [2.75, 3.05) is 31.1 Å². The van der Waals surface area contributed by atoms with Gasteiger partial charge in [0.1, 0.15) is 5.78 Å². The fraction of sp³-hybridized carbons (Fsp3) is 0.696. The topological polar surface area (TPSA) is 23.6 Å². The van der Waals surface area contributed by atoms with E-state index in [-0.39, 0.29) is 11.2 Å². The van der Waals surface area contributed by atoms with Crippen molar-refractivity contribution in [2.24, 2.45) is 11.8 Å². The van der Waals surface area contributed by atoms with Crippen LogP contribution in [0.4, 0.5) is 5.69 Å². The van der Waals surface area contributed by atoms with Crippen LogP contribution in [0, 0.1) is 18.8 Å². The van der Waals surface area contributed by atoms with Crippen molar-refractivity contribution in [3.05, 3.63) is 29.3 Å². The Bertz CT molecular complexity index is 719. The Morgan fingerprint density at radius 3 is 2.65 bits per heavy atom. The fourth-order valence-electron chi connectivity index (χ4n) is 6.67. The Labute approximate surface area is 157 Å². The van der Waals surface area contributed by atoms with Gasteiger partial charge in [0, 0.05) is 23.7 Å². The summed E-state index contributed by atoms with van der Waals surface area (Å²) in [5, 5.41) is 0. The van der Waals surface area contributed by atoms with Gasteiger partial charge in [-0.2, -0.15) is 0 Å². The van der Waals surface area contributed by atoms with Crippen molar-refractivity contribution < 1.29 is 4.79 Å². The van der Waals surface area contributed by atoms with Crippen LogP contribution >= 0.6 is 0 Å². The maximum Gasteiger partial charge on any atom is 0.149 e. The first-order valence-electron chi connectivity index (χ1n) is 10.6. The van der Waals surface area contributed by atoms with Gasteiger partial charge >= 0.3 is 0 Å². The average molecular weight is 353 g/mol. The van der Waals surface area contributed by atoms with E-state index in [1.165, 1.54) is 68.4 Å². The van der Waals surface area contributed by atoms with Gasteiger partial charge in [0.2, 0.25) is 0 Å². The summed E-state index contributed by atoms with van der Waals surface area (Å²) in [7, 11) is 0. The molecule has 1 saturated heterocycles. The predicted molar refractivity (Wildman–Crippen MR) is 106 cm³/mol. The third kappa shape index (κ3) is 2.62. The number of anilines is 1. The van der Waals surface area contributed by atoms with E-state index in [1.54, 1.807) is 6.92 Å². The summed E-state index contributed by atoms with van der Waals surface area (Å²) in [5.74, 6) is 2.29. The van der Waals surface area contributed by atoms with Crippen molar-refractivity contribution in [1.82, 2.24) is 4.90 Å². The van der Waals surface area contributed by atoms with Crippen molar-refractivity contribution in [3.63, 3.8) is 0 Å². The number of hydrogen-bond donors (Lipinski definition) is 0. The number of rotatable bonds is 3. The first-order valence-corrected chi connectivity index (χ1v) is 10.6. The summed E-state index contributed by atoms with van der Waals surface area (Å²) >= 11 is 0. The molecule has 3 nitrogen and oxygen atoms in total. The van der Waals surface area contributed by atoms with Gasteiger partial charge in [0.25, 0.3) is 0 Å². The molecule has 5 rings (SSSR count). The minimum absolute atomic E-state index is 0.269. The van der Waals surface area contributed by atoms with Crippen molar-refractivity contribution in [3.8, 4) is 0 Å². The lowest BCUT2D eigenvalue weighted by molar-refractivity contribution is -0.115. The Morgan fingerprint density at radius 1 is 1.19 bits per heavy atom. The summed E-state index contributed by atoms with van der Waals surface area (Å²) < 4.78 is 0. The smallest absolute Gasteiger partial charge is 0.149 e. The number of ketones is 1. The average Bonchev–Trinajstić information content (AvgIpc) is 3.30. The van der Waals surface area contributed by atoms with Gasteiger partial charge in [-0.05, 0) is 82.5 Å². The van der Waals surface area contributed by atoms with Crippen LogP contribution in [0.1, 0.15) is 56.6 Å². The fourth-order valence-corrected chi connectivity index (χ4v) is 6.67. The molecule has 140 valence electrons. The van der Waals surface area contributed by atoms with Gasteiger partial charge < -0.3 is 9.80 Å². The largest absolute Gasteiger partial charge is 0.363 e. The van der Waals surface area contributed by atoms with Crippen LogP contribution in [0.15, 0.2) is 18.2 Å². The summed E-state index contributed by atoms with van der Waals surface area (Å²) in [5.41, 5.74) is 4.46. The van der Waals surface area contributed by atoms with Crippen LogP contribution in [-0.2, 0) is 10.2 Å². The van der Waals surface area contributed by atoms with Crippen LogP contribution < -0.4 is 4.90 Å². The third-order valence-corrected chi connectivity index (χ3v) is 7.90. The summed E-state index contributed by atoms with van der Waals surface area (Å²) in [4.78, 5) is 17.0. The molecule has 2 aliphatic carbocycles. The predicted octanol–water partition coefficient (Wildman–Crippen LogP) is 3.93. The monoisotopic (exact) mass is 352 g/mol. The second-order valence-electron chi connectivity index (χ2n) is 9.64. The van der Waals surface area contributed by atoms with Crippen molar-refractivity contribution >= 4 is 11.5 Å². The highest BCUT2D eigenvalue weighted by molar-refractivity contribution is 5.82. The molecule has 3 heteroatoms. The highest BCUT2D eigenvalue weighted by Crippen LogP contribution is 2.51. The number of benzene rings is 1. The zero-order chi connectivity index (χ0) is 17.9. The number of hydrogen-bond acceptors (Lipinski definition) is 3. The third-order valence-electron chi connectivity index (χ3n) is 7.90. The molecule has 1 aromatic rings. The van der Waals surface area contributed by atoms with Crippen LogP contribution in [-0.4, -0.2) is 42.9 Å². The molecule has 2 aliphatic heterocycles. The lowest BCUT2D eigenvalue weighted by Gasteiger charge is -2.44. The van der Waals surface area contributed by atoms with Crippen LogP contribution in [0.5, 0.6) is 0 Å². The van der Waals surface area contributed by atoms with E-state index in [9.17, 15) is 4.79 Å². The SMILES string of the molecule is CC(=O)CN1CC2(CCN([C@@H]3C[C@H]4CCC3C4)CC2)c2cc(C)ccc21. The Hall–Kier alpha value is -1.35. The number of piperidine rings is 1. The zero-order valence-corrected chi connectivity index (χ0v) is 16.3. The molecule has 2 saturated carbocycles. The lowest BCUT2D eigenvalue weighted by Crippen LogP contribution is -2.50. The standard InChI is InChI=1S/C23H32N2O/c1-16-3-6-21-20(11-16)23(15-25(21)14-17(2)26)7-9-24(10-8-23)22-13-18-4-5-19(22)12-18/h3,6,11,18-19,22H,4-5,7-10,12-15H2,1-2H3/t18-,19?,22+/m0/s1. The summed E-state index contributed by atoms with van der Waals surface area (Å²) in [6.45, 7) is 8.01. The number of fused-ring (bicyclic) bond motifs is 4. The Morgan fingerprint density at radius 2 is 2.00 bits per heavy atom. The van der Waals surface area contributed by atoms with Crippen LogP contribution in [0.25, 0.3) is 0 Å². The molecule has 0 amide bonds. The molecule has 1 unspecified atom stereocenters. The number of carbonyl (C=O) groups excluding carboxylic acids is 1. The van der Waals surface area contributed by atoms with E-state index < -0.39 is 0 Å². The highest BCUT2D eigenvalue weighted by Gasteiger charge is 2.48. The van der Waals surface area contributed by atoms with E-state index in [4.69, 9.17) is 0 Å². The minimum Gasteiger partial charge on any atom is -0.363 e. The van der Waals surface area contributed by atoms with Gasteiger partial charge in [0.15, 0.2) is 0 Å². The Balaban J connectivity index is 1.37. The molecule has 0 aromatic heterocycles. The lowest BCUT2D eigenvalue weighted by atomic mass is 9.73. The highest BCUT2D eigenvalue weighted by atomic mass is 16.1. The second kappa shape index (κ2) is 6.09. The first kappa shape index (κ1) is 16.8. The molecule has 1 aromatic carbocycles. The number of likely N-dealkylation sites (tertiary alicyclic amines) is 1. The molecule has 26 heavy (non-hydrogen) atoms. The number of Topliss-reactive ketones (excluding diaryl/α,β-unsaturated/α-hetero) is 1. The molecule has 0 N–H and O–H groups in total. The molecule has 1 spiro atoms. The molecule has 3 atom stereocenters. The van der Waals surface area contributed by atoms with Gasteiger partial charge in [-0.1, -0.05) is 24.1 Å². The zero-order valence-electron chi connectivity index (χ0n) is 16.3. The number of aryl methyl sites for hydroxylation is 1. The molecule has 4 aliphatic rings. The second-order valence-corrected chi connectivity index (χ2v) is 9.64. The summed E-state index contributed by atoms with van der Waals surface area (Å²) in [6.07, 6.45) is 8.44. The quantitative estimate of drug-likeness (QED) is 0.823. The molecule has 2 bridgehead atoms. The van der Waals surface area contributed by atoms with Gasteiger partial charge in [-0.3, -0.25) is 4.79 Å². The van der Waals surface area contributed by atoms with E-state index in [0.717, 1.165) is 24.4 Å². The number of nitrogens with zero attached hydrogens (tertiary/aromatic N) is 2. The van der Waals surface area contributed by atoms with Crippen molar-refractivity contribution in [1.29, 1.82) is 0 Å². The Kier molecular flexibility index (Phi) is 3.93. The maximum absolute atomic E-state index is 11.8. The van der Waals surface area contributed by atoms with Gasteiger partial charge in [-0.25, -0.2) is 0 Å². The van der Waals surface area contributed by atoms with Crippen LogP contribution in [0.3, 0.4) is 0 Å². The van der Waals surface area contributed by atoms with Crippen molar-refractivity contribution in [2.45, 2.75) is 63.8 Å². The van der Waals surface area contributed by atoms with E-state index in [2.05, 4.69) is 34.9 Å².